The van der Waals surface area contributed by atoms with Crippen molar-refractivity contribution in [2.45, 2.75) is 13.8 Å². The molecule has 0 fully saturated rings. The highest BCUT2D eigenvalue weighted by molar-refractivity contribution is 6.04. The van der Waals surface area contributed by atoms with Gasteiger partial charge < -0.3 is 15.4 Å². The molecule has 0 radical (unpaired) electrons. The van der Waals surface area contributed by atoms with Crippen LogP contribution in [0.4, 0.5) is 11.5 Å². The van der Waals surface area contributed by atoms with Crippen LogP contribution in [-0.4, -0.2) is 29.5 Å². The van der Waals surface area contributed by atoms with Crippen LogP contribution >= 0.6 is 0 Å². The van der Waals surface area contributed by atoms with E-state index in [1.165, 1.54) is 0 Å². The maximum absolute atomic E-state index is 12.3. The first-order chi connectivity index (χ1) is 10.1. The summed E-state index contributed by atoms with van der Waals surface area (Å²) in [5, 5.41) is 5.90. The zero-order valence-electron chi connectivity index (χ0n) is 12.3. The fourth-order valence-corrected chi connectivity index (χ4v) is 1.85. The van der Waals surface area contributed by atoms with Crippen molar-refractivity contribution >= 4 is 17.4 Å². The van der Waals surface area contributed by atoms with Crippen molar-refractivity contribution in [1.82, 2.24) is 9.97 Å². The molecule has 110 valence electrons. The average Bonchev–Trinajstić information content (AvgIpc) is 2.48. The number of rotatable bonds is 5. The monoisotopic (exact) mass is 286 g/mol. The van der Waals surface area contributed by atoms with Gasteiger partial charge in [0.15, 0.2) is 0 Å². The highest BCUT2D eigenvalue weighted by atomic mass is 16.5. The Bertz CT molecular complexity index is 626. The van der Waals surface area contributed by atoms with Crippen LogP contribution in [0, 0.1) is 6.92 Å². The van der Waals surface area contributed by atoms with Gasteiger partial charge in [0.25, 0.3) is 5.91 Å². The molecule has 0 unspecified atom stereocenters. The summed E-state index contributed by atoms with van der Waals surface area (Å²) in [7, 11) is 1.54. The maximum atomic E-state index is 12.3. The van der Waals surface area contributed by atoms with Crippen LogP contribution in [0.25, 0.3) is 0 Å². The number of methoxy groups -OCH3 is 1. The molecule has 1 amide bonds. The largest absolute Gasteiger partial charge is 0.481 e. The summed E-state index contributed by atoms with van der Waals surface area (Å²) in [6, 6.07) is 6.90. The lowest BCUT2D eigenvalue weighted by Crippen LogP contribution is -2.13. The Morgan fingerprint density at radius 3 is 2.76 bits per heavy atom. The molecule has 0 saturated carbocycles. The Morgan fingerprint density at radius 2 is 2.14 bits per heavy atom. The first kappa shape index (κ1) is 14.8. The van der Waals surface area contributed by atoms with E-state index in [0.29, 0.717) is 22.9 Å². The Labute approximate surface area is 123 Å². The minimum Gasteiger partial charge on any atom is -0.481 e. The highest BCUT2D eigenvalue weighted by Crippen LogP contribution is 2.14. The van der Waals surface area contributed by atoms with Crippen LogP contribution in [-0.2, 0) is 0 Å². The number of carbonyl (C=O) groups excluding carboxylic acids is 1. The third-order valence-electron chi connectivity index (χ3n) is 2.78. The zero-order chi connectivity index (χ0) is 15.2. The molecule has 2 aromatic heterocycles. The van der Waals surface area contributed by atoms with Crippen LogP contribution in [0.15, 0.2) is 30.5 Å². The van der Waals surface area contributed by atoms with Crippen molar-refractivity contribution in [3.05, 3.63) is 41.7 Å². The molecule has 0 atom stereocenters. The minimum absolute atomic E-state index is 0.202. The van der Waals surface area contributed by atoms with Gasteiger partial charge in [0.05, 0.1) is 19.0 Å². The van der Waals surface area contributed by atoms with Crippen LogP contribution in [0.2, 0.25) is 0 Å². The van der Waals surface area contributed by atoms with Crippen molar-refractivity contribution in [2.24, 2.45) is 0 Å². The van der Waals surface area contributed by atoms with Crippen LogP contribution in [0.1, 0.15) is 23.0 Å². The number of aryl methyl sites for hydroxylation is 1. The molecule has 0 spiro atoms. The fourth-order valence-electron chi connectivity index (χ4n) is 1.85. The number of hydrogen-bond acceptors (Lipinski definition) is 5. The molecular formula is C15H18N4O2. The Balaban J connectivity index is 2.15. The fraction of sp³-hybridized carbons (Fsp3) is 0.267. The molecule has 2 rings (SSSR count). The topological polar surface area (TPSA) is 76.1 Å². The van der Waals surface area contributed by atoms with Crippen molar-refractivity contribution in [2.75, 3.05) is 24.3 Å². The summed E-state index contributed by atoms with van der Waals surface area (Å²) in [5.41, 5.74) is 1.95. The summed E-state index contributed by atoms with van der Waals surface area (Å²) in [6.07, 6.45) is 1.55. The molecule has 2 heterocycles. The summed E-state index contributed by atoms with van der Waals surface area (Å²) in [6.45, 7) is 4.58. The first-order valence-corrected chi connectivity index (χ1v) is 6.66. The minimum atomic E-state index is -0.202. The first-order valence-electron chi connectivity index (χ1n) is 6.66. The number of nitrogens with zero attached hydrogens (tertiary/aromatic N) is 2. The average molecular weight is 286 g/mol. The van der Waals surface area contributed by atoms with Gasteiger partial charge in [-0.15, -0.1) is 0 Å². The van der Waals surface area contributed by atoms with E-state index in [2.05, 4.69) is 20.6 Å². The SMILES string of the molecule is CCNc1cc(C(=O)Nc2ccc(OC)nc2)cc(C)n1. The van der Waals surface area contributed by atoms with Crippen LogP contribution in [0.5, 0.6) is 5.88 Å². The van der Waals surface area contributed by atoms with Gasteiger partial charge in [-0.2, -0.15) is 0 Å². The molecule has 2 N–H and O–H groups in total. The van der Waals surface area contributed by atoms with Gasteiger partial charge in [0, 0.05) is 23.9 Å². The van der Waals surface area contributed by atoms with Gasteiger partial charge in [0.1, 0.15) is 5.82 Å². The summed E-state index contributed by atoms with van der Waals surface area (Å²) >= 11 is 0. The molecule has 0 aliphatic heterocycles. The molecule has 0 aliphatic rings. The van der Waals surface area contributed by atoms with Gasteiger partial charge in [0.2, 0.25) is 5.88 Å². The molecular weight excluding hydrogens is 268 g/mol. The Morgan fingerprint density at radius 1 is 1.33 bits per heavy atom. The second-order valence-corrected chi connectivity index (χ2v) is 4.46. The number of amides is 1. The lowest BCUT2D eigenvalue weighted by Gasteiger charge is -2.09. The lowest BCUT2D eigenvalue weighted by molar-refractivity contribution is 0.102. The highest BCUT2D eigenvalue weighted by Gasteiger charge is 2.09. The molecule has 6 heteroatoms. The molecule has 0 saturated heterocycles. The third kappa shape index (κ3) is 3.92. The molecule has 21 heavy (non-hydrogen) atoms. The second kappa shape index (κ2) is 6.69. The number of nitrogens with one attached hydrogen (secondary N) is 2. The number of hydrogen-bond donors (Lipinski definition) is 2. The predicted octanol–water partition coefficient (Wildman–Crippen LogP) is 2.48. The summed E-state index contributed by atoms with van der Waals surface area (Å²) < 4.78 is 4.98. The van der Waals surface area contributed by atoms with E-state index in [9.17, 15) is 4.79 Å². The normalized spacial score (nSPS) is 10.0. The number of carbonyl (C=O) groups is 1. The Hall–Kier alpha value is -2.63. The van der Waals surface area contributed by atoms with Crippen molar-refractivity contribution < 1.29 is 9.53 Å². The van der Waals surface area contributed by atoms with Gasteiger partial charge >= 0.3 is 0 Å². The number of ether oxygens (including phenoxy) is 1. The van der Waals surface area contributed by atoms with Crippen molar-refractivity contribution in [3.63, 3.8) is 0 Å². The third-order valence-corrected chi connectivity index (χ3v) is 2.78. The van der Waals surface area contributed by atoms with Gasteiger partial charge in [-0.1, -0.05) is 0 Å². The van der Waals surface area contributed by atoms with Gasteiger partial charge in [-0.3, -0.25) is 4.79 Å². The Kier molecular flexibility index (Phi) is 4.71. The lowest BCUT2D eigenvalue weighted by atomic mass is 10.2. The predicted molar refractivity (Wildman–Crippen MR) is 81.9 cm³/mol. The van der Waals surface area contributed by atoms with E-state index in [1.54, 1.807) is 37.6 Å². The quantitative estimate of drug-likeness (QED) is 0.883. The van der Waals surface area contributed by atoms with Gasteiger partial charge in [-0.25, -0.2) is 9.97 Å². The van der Waals surface area contributed by atoms with E-state index in [1.807, 2.05) is 13.8 Å². The van der Waals surface area contributed by atoms with E-state index < -0.39 is 0 Å². The number of anilines is 2. The summed E-state index contributed by atoms with van der Waals surface area (Å²) in [5.74, 6) is 0.990. The standard InChI is InChI=1S/C15H18N4O2/c1-4-16-13-8-11(7-10(2)18-13)15(20)19-12-5-6-14(21-3)17-9-12/h5-9H,4H2,1-3H3,(H,16,18)(H,19,20). The molecule has 0 aliphatic carbocycles. The van der Waals surface area contributed by atoms with Crippen molar-refractivity contribution in [3.8, 4) is 5.88 Å². The maximum Gasteiger partial charge on any atom is 0.255 e. The zero-order valence-corrected chi connectivity index (χ0v) is 12.3. The summed E-state index contributed by atoms with van der Waals surface area (Å²) in [4.78, 5) is 20.6. The van der Waals surface area contributed by atoms with Crippen LogP contribution < -0.4 is 15.4 Å². The molecule has 2 aromatic rings. The number of pyridine rings is 2. The van der Waals surface area contributed by atoms with Gasteiger partial charge in [-0.05, 0) is 32.0 Å². The van der Waals surface area contributed by atoms with Crippen LogP contribution in [0.3, 0.4) is 0 Å². The number of aromatic nitrogens is 2. The second-order valence-electron chi connectivity index (χ2n) is 4.46. The smallest absolute Gasteiger partial charge is 0.255 e. The van der Waals surface area contributed by atoms with E-state index >= 15 is 0 Å². The molecule has 0 bridgehead atoms. The van der Waals surface area contributed by atoms with E-state index in [-0.39, 0.29) is 5.91 Å². The van der Waals surface area contributed by atoms with E-state index in [0.717, 1.165) is 12.2 Å². The van der Waals surface area contributed by atoms with E-state index in [4.69, 9.17) is 4.74 Å². The molecule has 6 nitrogen and oxygen atoms in total. The molecule has 0 aromatic carbocycles. The van der Waals surface area contributed by atoms with Crippen molar-refractivity contribution in [1.29, 1.82) is 0 Å².